The molecule has 1 saturated carbocycles. The van der Waals surface area contributed by atoms with E-state index in [1.807, 2.05) is 0 Å². The van der Waals surface area contributed by atoms with E-state index in [9.17, 15) is 8.42 Å². The maximum absolute atomic E-state index is 11.6. The fourth-order valence-corrected chi connectivity index (χ4v) is 5.59. The van der Waals surface area contributed by atoms with E-state index in [1.165, 1.54) is 25.7 Å². The Morgan fingerprint density at radius 3 is 2.53 bits per heavy atom. The molecule has 0 bridgehead atoms. The highest BCUT2D eigenvalue weighted by atomic mass is 32.2. The fraction of sp³-hybridized carbons (Fsp3) is 1.00. The van der Waals surface area contributed by atoms with Crippen molar-refractivity contribution in [3.05, 3.63) is 0 Å². The van der Waals surface area contributed by atoms with Crippen molar-refractivity contribution in [1.29, 1.82) is 0 Å². The van der Waals surface area contributed by atoms with Crippen LogP contribution in [0.2, 0.25) is 0 Å². The zero-order valence-electron chi connectivity index (χ0n) is 12.2. The van der Waals surface area contributed by atoms with E-state index in [-0.39, 0.29) is 6.04 Å². The summed E-state index contributed by atoms with van der Waals surface area (Å²) in [7, 11) is -0.687. The average Bonchev–Trinajstić information content (AvgIpc) is 2.77. The second kappa shape index (κ2) is 6.10. The van der Waals surface area contributed by atoms with Crippen molar-refractivity contribution in [3.63, 3.8) is 0 Å². The number of nitrogens with two attached hydrogens (primary N) is 1. The lowest BCUT2D eigenvalue weighted by Gasteiger charge is -2.43. The zero-order chi connectivity index (χ0) is 14.0. The first-order chi connectivity index (χ1) is 8.96. The molecule has 2 N–H and O–H groups in total. The third kappa shape index (κ3) is 3.50. The second-order valence-electron chi connectivity index (χ2n) is 6.37. The monoisotopic (exact) mass is 288 g/mol. The van der Waals surface area contributed by atoms with Crippen molar-refractivity contribution < 1.29 is 8.42 Å². The molecular weight excluding hydrogens is 260 g/mol. The van der Waals surface area contributed by atoms with Gasteiger partial charge in [0.1, 0.15) is 0 Å². The van der Waals surface area contributed by atoms with Gasteiger partial charge >= 0.3 is 0 Å². The summed E-state index contributed by atoms with van der Waals surface area (Å²) in [5.41, 5.74) is 5.93. The van der Waals surface area contributed by atoms with Crippen molar-refractivity contribution >= 4 is 9.84 Å². The molecule has 2 aliphatic rings. The van der Waals surface area contributed by atoms with E-state index in [4.69, 9.17) is 5.73 Å². The Labute approximate surface area is 117 Å². The van der Waals surface area contributed by atoms with Crippen molar-refractivity contribution in [2.75, 3.05) is 25.1 Å². The van der Waals surface area contributed by atoms with Gasteiger partial charge in [-0.05, 0) is 44.7 Å². The van der Waals surface area contributed by atoms with E-state index in [0.29, 0.717) is 23.5 Å². The molecule has 0 spiro atoms. The van der Waals surface area contributed by atoms with E-state index >= 15 is 0 Å². The van der Waals surface area contributed by atoms with Gasteiger partial charge in [-0.25, -0.2) is 8.42 Å². The van der Waals surface area contributed by atoms with Crippen LogP contribution in [0.4, 0.5) is 0 Å². The molecule has 112 valence electrons. The van der Waals surface area contributed by atoms with E-state index < -0.39 is 9.84 Å². The highest BCUT2D eigenvalue weighted by Gasteiger charge is 2.38. The third-order valence-corrected chi connectivity index (χ3v) is 7.00. The largest absolute Gasteiger partial charge is 0.330 e. The van der Waals surface area contributed by atoms with Gasteiger partial charge in [-0.15, -0.1) is 0 Å². The van der Waals surface area contributed by atoms with Gasteiger partial charge in [0.25, 0.3) is 0 Å². The minimum atomic E-state index is -2.80. The van der Waals surface area contributed by atoms with Gasteiger partial charge in [0.15, 0.2) is 9.84 Å². The van der Waals surface area contributed by atoms with Gasteiger partial charge in [0.05, 0.1) is 11.5 Å². The minimum Gasteiger partial charge on any atom is -0.330 e. The van der Waals surface area contributed by atoms with Crippen LogP contribution in [0.1, 0.15) is 39.0 Å². The predicted octanol–water partition coefficient (Wildman–Crippen LogP) is 1.26. The van der Waals surface area contributed by atoms with E-state index in [2.05, 4.69) is 18.9 Å². The molecule has 0 radical (unpaired) electrons. The van der Waals surface area contributed by atoms with Crippen molar-refractivity contribution in [1.82, 2.24) is 4.90 Å². The fourth-order valence-electron chi connectivity index (χ4n) is 3.81. The van der Waals surface area contributed by atoms with Gasteiger partial charge in [-0.2, -0.15) is 0 Å². The summed E-state index contributed by atoms with van der Waals surface area (Å²) in [5.74, 6) is 2.03. The van der Waals surface area contributed by atoms with Crippen molar-refractivity contribution in [3.8, 4) is 0 Å². The molecule has 2 rings (SSSR count). The third-order valence-electron chi connectivity index (χ3n) is 5.25. The maximum Gasteiger partial charge on any atom is 0.151 e. The summed E-state index contributed by atoms with van der Waals surface area (Å²) in [6.07, 6.45) is 5.69. The Hall–Kier alpha value is -0.130. The Morgan fingerprint density at radius 2 is 2.00 bits per heavy atom. The smallest absolute Gasteiger partial charge is 0.151 e. The molecule has 1 saturated heterocycles. The predicted molar refractivity (Wildman–Crippen MR) is 78.8 cm³/mol. The molecule has 1 heterocycles. The Bertz CT molecular complexity index is 396. The van der Waals surface area contributed by atoms with Gasteiger partial charge in [-0.1, -0.05) is 19.8 Å². The van der Waals surface area contributed by atoms with Gasteiger partial charge in [-0.3, -0.25) is 4.90 Å². The van der Waals surface area contributed by atoms with Crippen molar-refractivity contribution in [2.24, 2.45) is 17.6 Å². The van der Waals surface area contributed by atoms with Crippen LogP contribution in [-0.4, -0.2) is 50.5 Å². The molecular formula is C14H28N2O2S. The topological polar surface area (TPSA) is 63.4 Å². The lowest BCUT2D eigenvalue weighted by Crippen LogP contribution is -2.49. The normalized spacial score (nSPS) is 38.7. The first kappa shape index (κ1) is 15.3. The quantitative estimate of drug-likeness (QED) is 0.846. The molecule has 0 aromatic rings. The molecule has 4 unspecified atom stereocenters. The summed E-state index contributed by atoms with van der Waals surface area (Å²) < 4.78 is 23.3. The first-order valence-electron chi connectivity index (χ1n) is 7.59. The number of sulfone groups is 1. The Kier molecular flexibility index (Phi) is 4.90. The van der Waals surface area contributed by atoms with Crippen LogP contribution < -0.4 is 5.73 Å². The Balaban J connectivity index is 2.04. The van der Waals surface area contributed by atoms with Crippen LogP contribution in [0.5, 0.6) is 0 Å². The summed E-state index contributed by atoms with van der Waals surface area (Å²) >= 11 is 0. The van der Waals surface area contributed by atoms with Gasteiger partial charge in [0, 0.05) is 12.1 Å². The van der Waals surface area contributed by atoms with Gasteiger partial charge < -0.3 is 5.73 Å². The lowest BCUT2D eigenvalue weighted by molar-refractivity contribution is 0.0760. The summed E-state index contributed by atoms with van der Waals surface area (Å²) in [6, 6.07) is 0.682. The Morgan fingerprint density at radius 1 is 1.26 bits per heavy atom. The number of hydrogen-bond donors (Lipinski definition) is 1. The summed E-state index contributed by atoms with van der Waals surface area (Å²) in [5, 5.41) is 0. The number of nitrogens with zero attached hydrogens (tertiary/aromatic N) is 1. The molecule has 0 amide bonds. The molecule has 0 aromatic heterocycles. The minimum absolute atomic E-state index is 0.208. The lowest BCUT2D eigenvalue weighted by atomic mass is 9.76. The number of rotatable bonds is 4. The first-order valence-corrected chi connectivity index (χ1v) is 9.41. The van der Waals surface area contributed by atoms with E-state index in [0.717, 1.165) is 18.9 Å². The molecule has 4 nitrogen and oxygen atoms in total. The highest BCUT2D eigenvalue weighted by Crippen LogP contribution is 2.35. The van der Waals surface area contributed by atoms with Crippen LogP contribution in [-0.2, 0) is 9.84 Å². The molecule has 1 aliphatic heterocycles. The molecule has 5 heteroatoms. The van der Waals surface area contributed by atoms with Crippen LogP contribution in [0.15, 0.2) is 0 Å². The second-order valence-corrected chi connectivity index (χ2v) is 8.60. The summed E-state index contributed by atoms with van der Waals surface area (Å²) in [4.78, 5) is 2.34. The van der Waals surface area contributed by atoms with E-state index in [1.54, 1.807) is 0 Å². The van der Waals surface area contributed by atoms with Crippen LogP contribution in [0, 0.1) is 11.8 Å². The molecule has 4 atom stereocenters. The van der Waals surface area contributed by atoms with Crippen LogP contribution in [0.3, 0.4) is 0 Å². The standard InChI is InChI=1S/C14H28N2O2S/c1-3-11-4-5-12(9-15)14(8-11)16(2)13-6-7-19(17,18)10-13/h11-14H,3-10,15H2,1-2H3. The average molecular weight is 288 g/mol. The van der Waals surface area contributed by atoms with Gasteiger partial charge in [0.2, 0.25) is 0 Å². The summed E-state index contributed by atoms with van der Waals surface area (Å²) in [6.45, 7) is 2.98. The maximum atomic E-state index is 11.6. The van der Waals surface area contributed by atoms with Crippen molar-refractivity contribution in [2.45, 2.75) is 51.1 Å². The molecule has 19 heavy (non-hydrogen) atoms. The molecule has 2 fully saturated rings. The number of hydrogen-bond acceptors (Lipinski definition) is 4. The molecule has 1 aliphatic carbocycles. The van der Waals surface area contributed by atoms with Crippen LogP contribution in [0.25, 0.3) is 0 Å². The SMILES string of the molecule is CCC1CCC(CN)C(N(C)C2CCS(=O)(=O)C2)C1. The zero-order valence-corrected chi connectivity index (χ0v) is 13.0. The van der Waals surface area contributed by atoms with Crippen LogP contribution >= 0.6 is 0 Å². The molecule has 0 aromatic carbocycles. The highest BCUT2D eigenvalue weighted by molar-refractivity contribution is 7.91.